The lowest BCUT2D eigenvalue weighted by atomic mass is 9.92. The minimum absolute atomic E-state index is 0.116. The molecule has 3 aromatic carbocycles. The summed E-state index contributed by atoms with van der Waals surface area (Å²) in [6.45, 7) is 15.9. The fraction of sp³-hybridized carbons (Fsp3) is 0.500. The predicted octanol–water partition coefficient (Wildman–Crippen LogP) is 8.87. The number of hydrogen-bond donors (Lipinski definition) is 2. The number of unbranched alkanes of at least 4 members (excludes halogenated alkanes) is 4. The highest BCUT2D eigenvalue weighted by Gasteiger charge is 2.37. The first-order valence-electron chi connectivity index (χ1n) is 16.5. The second-order valence-electron chi connectivity index (χ2n) is 13.5. The molecule has 0 aliphatic carbocycles. The number of nitrogens with one attached hydrogen (secondary N) is 2. The molecule has 2 unspecified atom stereocenters. The molecule has 3 amide bonds. The molecule has 2 atom stereocenters. The average molecular weight is 616 g/mol. The van der Waals surface area contributed by atoms with Crippen LogP contribution in [0.2, 0.25) is 0 Å². The topological polar surface area (TPSA) is 87.7 Å². The lowest BCUT2D eigenvalue weighted by Gasteiger charge is -2.36. The summed E-state index contributed by atoms with van der Waals surface area (Å²) in [6, 6.07) is 18.0. The Morgan fingerprint density at radius 1 is 0.844 bits per heavy atom. The summed E-state index contributed by atoms with van der Waals surface area (Å²) in [5.41, 5.74) is 2.61. The number of benzene rings is 3. The van der Waals surface area contributed by atoms with Gasteiger partial charge in [0.15, 0.2) is 0 Å². The van der Waals surface area contributed by atoms with Crippen molar-refractivity contribution in [2.24, 2.45) is 5.92 Å². The highest BCUT2D eigenvalue weighted by Crippen LogP contribution is 2.31. The van der Waals surface area contributed by atoms with Crippen LogP contribution in [0.15, 0.2) is 60.7 Å². The molecule has 0 spiro atoms. The third-order valence-electron chi connectivity index (χ3n) is 7.87. The van der Waals surface area contributed by atoms with E-state index in [-0.39, 0.29) is 17.7 Å². The standard InChI is InChI=1S/C38H53N3O4/c1-9-10-11-12-15-23-41(36(43)32(24-26(2)3)40-37(44)45-38(6,7)8)34(33-27(4)17-16-18-28(33)5)35(42)39-31-22-21-29-19-13-14-20-30(29)25-31/h13-14,16-22,25-26,32,34H,9-12,15,23-24H2,1-8H3,(H,39,42)(H,40,44). The maximum atomic E-state index is 14.6. The number of fused-ring (bicyclic) bond motifs is 1. The number of anilines is 1. The maximum Gasteiger partial charge on any atom is 0.408 e. The normalized spacial score (nSPS) is 12.9. The van der Waals surface area contributed by atoms with Crippen LogP contribution in [0.1, 0.15) is 103 Å². The fourth-order valence-electron chi connectivity index (χ4n) is 5.76. The molecule has 7 nitrogen and oxygen atoms in total. The third-order valence-corrected chi connectivity index (χ3v) is 7.87. The van der Waals surface area contributed by atoms with Crippen LogP contribution in [0.5, 0.6) is 0 Å². The zero-order valence-corrected chi connectivity index (χ0v) is 28.5. The highest BCUT2D eigenvalue weighted by molar-refractivity contribution is 6.00. The largest absolute Gasteiger partial charge is 0.444 e. The molecule has 7 heteroatoms. The maximum absolute atomic E-state index is 14.6. The second-order valence-corrected chi connectivity index (χ2v) is 13.5. The van der Waals surface area contributed by atoms with Crippen LogP contribution in [0, 0.1) is 19.8 Å². The summed E-state index contributed by atoms with van der Waals surface area (Å²) in [7, 11) is 0. The van der Waals surface area contributed by atoms with E-state index >= 15 is 0 Å². The summed E-state index contributed by atoms with van der Waals surface area (Å²) in [4.78, 5) is 43.8. The Balaban J connectivity index is 2.08. The molecule has 0 fully saturated rings. The van der Waals surface area contributed by atoms with Gasteiger partial charge in [-0.2, -0.15) is 0 Å². The van der Waals surface area contributed by atoms with Gasteiger partial charge in [0.25, 0.3) is 5.91 Å². The quantitative estimate of drug-likeness (QED) is 0.177. The van der Waals surface area contributed by atoms with Crippen molar-refractivity contribution in [1.29, 1.82) is 0 Å². The first-order valence-corrected chi connectivity index (χ1v) is 16.5. The van der Waals surface area contributed by atoms with Crippen molar-refractivity contribution in [2.45, 2.75) is 112 Å². The van der Waals surface area contributed by atoms with Crippen LogP contribution in [-0.4, -0.2) is 41.0 Å². The van der Waals surface area contributed by atoms with Crippen LogP contribution < -0.4 is 10.6 Å². The summed E-state index contributed by atoms with van der Waals surface area (Å²) in [6.07, 6.45) is 4.74. The van der Waals surface area contributed by atoms with Crippen LogP contribution in [-0.2, 0) is 14.3 Å². The first-order chi connectivity index (χ1) is 21.3. The monoisotopic (exact) mass is 615 g/mol. The Morgan fingerprint density at radius 2 is 1.49 bits per heavy atom. The van der Waals surface area contributed by atoms with Gasteiger partial charge >= 0.3 is 6.09 Å². The number of nitrogens with zero attached hydrogens (tertiary/aromatic N) is 1. The van der Waals surface area contributed by atoms with Crippen molar-refractivity contribution < 1.29 is 19.1 Å². The van der Waals surface area contributed by atoms with Crippen LogP contribution in [0.4, 0.5) is 10.5 Å². The Labute approximate surface area is 270 Å². The molecule has 0 saturated carbocycles. The van der Waals surface area contributed by atoms with E-state index < -0.39 is 23.8 Å². The van der Waals surface area contributed by atoms with Crippen molar-refractivity contribution in [3.63, 3.8) is 0 Å². The molecule has 0 aliphatic rings. The van der Waals surface area contributed by atoms with Gasteiger partial charge in [-0.25, -0.2) is 4.79 Å². The molecular weight excluding hydrogens is 562 g/mol. The molecule has 2 N–H and O–H groups in total. The molecule has 3 rings (SSSR count). The number of alkyl carbamates (subject to hydrolysis) is 1. The van der Waals surface area contributed by atoms with E-state index in [2.05, 4.69) is 17.6 Å². The van der Waals surface area contributed by atoms with E-state index in [0.29, 0.717) is 18.7 Å². The number of amides is 3. The number of hydrogen-bond acceptors (Lipinski definition) is 4. The zero-order chi connectivity index (χ0) is 33.1. The zero-order valence-electron chi connectivity index (χ0n) is 28.5. The number of aryl methyl sites for hydroxylation is 2. The Bertz CT molecular complexity index is 1420. The van der Waals surface area contributed by atoms with Crippen molar-refractivity contribution in [3.8, 4) is 0 Å². The lowest BCUT2D eigenvalue weighted by molar-refractivity contribution is -0.141. The number of carbonyl (C=O) groups excluding carboxylic acids is 3. The van der Waals surface area contributed by atoms with E-state index in [1.54, 1.807) is 25.7 Å². The van der Waals surface area contributed by atoms with Gasteiger partial charge in [0.05, 0.1) is 0 Å². The number of ether oxygens (including phenoxy) is 1. The van der Waals surface area contributed by atoms with Crippen LogP contribution in [0.25, 0.3) is 10.8 Å². The van der Waals surface area contributed by atoms with Crippen LogP contribution in [0.3, 0.4) is 0 Å². The third kappa shape index (κ3) is 10.6. The van der Waals surface area contributed by atoms with Gasteiger partial charge in [0.2, 0.25) is 5.91 Å². The Morgan fingerprint density at radius 3 is 2.11 bits per heavy atom. The Hall–Kier alpha value is -3.87. The molecule has 0 aliphatic heterocycles. The molecule has 244 valence electrons. The van der Waals surface area contributed by atoms with Gasteiger partial charge in [-0.15, -0.1) is 0 Å². The van der Waals surface area contributed by atoms with Crippen molar-refractivity contribution in [2.75, 3.05) is 11.9 Å². The minimum atomic E-state index is -0.897. The van der Waals surface area contributed by atoms with E-state index in [4.69, 9.17) is 4.74 Å². The van der Waals surface area contributed by atoms with Crippen molar-refractivity contribution >= 4 is 34.4 Å². The van der Waals surface area contributed by atoms with Crippen LogP contribution >= 0.6 is 0 Å². The number of rotatable bonds is 14. The summed E-state index contributed by atoms with van der Waals surface area (Å²) >= 11 is 0. The number of carbonyl (C=O) groups is 3. The van der Waals surface area contributed by atoms with Gasteiger partial charge < -0.3 is 20.3 Å². The Kier molecular flexibility index (Phi) is 13.0. The van der Waals surface area contributed by atoms with E-state index in [1.807, 2.05) is 88.4 Å². The van der Waals surface area contributed by atoms with E-state index in [1.165, 1.54) is 0 Å². The highest BCUT2D eigenvalue weighted by atomic mass is 16.6. The van der Waals surface area contributed by atoms with Crippen molar-refractivity contribution in [1.82, 2.24) is 10.2 Å². The molecule has 0 heterocycles. The fourth-order valence-corrected chi connectivity index (χ4v) is 5.76. The van der Waals surface area contributed by atoms with Gasteiger partial charge in [0.1, 0.15) is 17.7 Å². The average Bonchev–Trinajstić information content (AvgIpc) is 2.95. The smallest absolute Gasteiger partial charge is 0.408 e. The molecule has 0 aromatic heterocycles. The first kappa shape index (κ1) is 35.6. The molecular formula is C38H53N3O4. The molecule has 0 bridgehead atoms. The summed E-state index contributed by atoms with van der Waals surface area (Å²) in [5.74, 6) is -0.457. The van der Waals surface area contributed by atoms with Gasteiger partial charge in [0, 0.05) is 12.2 Å². The van der Waals surface area contributed by atoms with E-state index in [9.17, 15) is 14.4 Å². The molecule has 3 aromatic rings. The lowest BCUT2D eigenvalue weighted by Crippen LogP contribution is -2.53. The summed E-state index contributed by atoms with van der Waals surface area (Å²) in [5, 5.41) is 8.09. The predicted molar refractivity (Wildman–Crippen MR) is 184 cm³/mol. The minimum Gasteiger partial charge on any atom is -0.444 e. The van der Waals surface area contributed by atoms with Gasteiger partial charge in [-0.3, -0.25) is 9.59 Å². The molecule has 0 saturated heterocycles. The molecule has 45 heavy (non-hydrogen) atoms. The summed E-state index contributed by atoms with van der Waals surface area (Å²) < 4.78 is 5.55. The molecule has 0 radical (unpaired) electrons. The van der Waals surface area contributed by atoms with Crippen molar-refractivity contribution in [3.05, 3.63) is 77.4 Å². The van der Waals surface area contributed by atoms with E-state index in [0.717, 1.165) is 59.6 Å². The second kappa shape index (κ2) is 16.4. The van der Waals surface area contributed by atoms with Gasteiger partial charge in [-0.1, -0.05) is 95.0 Å². The SMILES string of the molecule is CCCCCCCN(C(=O)C(CC(C)C)NC(=O)OC(C)(C)C)C(C(=O)Nc1ccc2ccccc2c1)c1c(C)cccc1C. The van der Waals surface area contributed by atoms with Gasteiger partial charge in [-0.05, 0) is 93.0 Å².